The van der Waals surface area contributed by atoms with Gasteiger partial charge in [-0.15, -0.1) is 45.3 Å². The lowest BCUT2D eigenvalue weighted by Gasteiger charge is -2.24. The van der Waals surface area contributed by atoms with Gasteiger partial charge in [0.2, 0.25) is 0 Å². The van der Waals surface area contributed by atoms with E-state index in [9.17, 15) is 0 Å². The number of thiophene rings is 4. The molecular formula is C62H42S4. The summed E-state index contributed by atoms with van der Waals surface area (Å²) in [5, 5.41) is 2.49. The predicted octanol–water partition coefficient (Wildman–Crippen LogP) is 19.8. The molecule has 0 aliphatic heterocycles. The van der Waals surface area contributed by atoms with Crippen LogP contribution < -0.4 is 0 Å². The molecule has 0 saturated carbocycles. The maximum absolute atomic E-state index is 2.35. The Morgan fingerprint density at radius 1 is 0.258 bits per heavy atom. The molecule has 0 atom stereocenters. The van der Waals surface area contributed by atoms with Crippen molar-refractivity contribution in [1.82, 2.24) is 0 Å². The summed E-state index contributed by atoms with van der Waals surface area (Å²) in [4.78, 5) is 10.5. The first-order valence-electron chi connectivity index (χ1n) is 22.4. The van der Waals surface area contributed by atoms with Gasteiger partial charge in [-0.25, -0.2) is 0 Å². The van der Waals surface area contributed by atoms with Gasteiger partial charge in [-0.3, -0.25) is 0 Å². The number of benzene rings is 7. The quantitative estimate of drug-likeness (QED) is 0.128. The molecule has 0 unspecified atom stereocenters. The zero-order chi connectivity index (χ0) is 43.8. The smallest absolute Gasteiger partial charge is 0.0449 e. The Labute approximate surface area is 402 Å². The van der Waals surface area contributed by atoms with Crippen LogP contribution in [0.15, 0.2) is 231 Å². The summed E-state index contributed by atoms with van der Waals surface area (Å²) in [6, 6.07) is 78.6. The van der Waals surface area contributed by atoms with Crippen LogP contribution in [0.4, 0.5) is 0 Å². The standard InChI is InChI=1S/C62H42S4/c1-5-15-41(16-6-1)51-33-37-55(63-51)57-39-35-53(65-57)43-25-29-47(30-26-43)61-59(45-19-9-3-10-20-45)49-23-13-14-24-50(49)60(46-21-11-4-12-22-46)62(61)48-31-27-44(28-32-48)54-36-40-58(66-54)56-38-34-52(64-56)42-17-7-2-8-18-42/h1-7,9-17,19-40H,8,18H2. The Morgan fingerprint density at radius 2 is 0.576 bits per heavy atom. The van der Waals surface area contributed by atoms with Crippen molar-refractivity contribution in [2.75, 3.05) is 0 Å². The largest absolute Gasteiger partial charge is 0.135 e. The highest BCUT2D eigenvalue weighted by Crippen LogP contribution is 2.52. The summed E-state index contributed by atoms with van der Waals surface area (Å²) in [7, 11) is 0. The molecule has 0 amide bonds. The first-order chi connectivity index (χ1) is 32.7. The molecule has 0 bridgehead atoms. The lowest BCUT2D eigenvalue weighted by atomic mass is 9.79. The molecule has 11 aromatic rings. The Balaban J connectivity index is 0.974. The van der Waals surface area contributed by atoms with Crippen LogP contribution in [0.2, 0.25) is 0 Å². The molecule has 0 nitrogen and oxygen atoms in total. The molecule has 4 heterocycles. The molecule has 12 rings (SSSR count). The SMILES string of the molecule is C1=CCCC(c2ccc(-c3ccc(-c4ccc(-c5c(-c6ccc(-c7ccc(-c8ccc(-c9ccccc9)s8)s7)cc6)c(-c6ccccc6)c6ccccc6c5-c5ccccc5)cc4)s3)s2)=C1. The molecule has 66 heavy (non-hydrogen) atoms. The summed E-state index contributed by atoms with van der Waals surface area (Å²) in [6.45, 7) is 0. The fourth-order valence-electron chi connectivity index (χ4n) is 9.36. The van der Waals surface area contributed by atoms with Gasteiger partial charge < -0.3 is 0 Å². The third-order valence-electron chi connectivity index (χ3n) is 12.6. The normalized spacial score (nSPS) is 12.5. The van der Waals surface area contributed by atoms with Crippen molar-refractivity contribution in [3.63, 3.8) is 0 Å². The van der Waals surface area contributed by atoms with Crippen molar-refractivity contribution in [1.29, 1.82) is 0 Å². The van der Waals surface area contributed by atoms with E-state index in [4.69, 9.17) is 0 Å². The minimum absolute atomic E-state index is 1.12. The van der Waals surface area contributed by atoms with Crippen molar-refractivity contribution in [2.45, 2.75) is 12.8 Å². The van der Waals surface area contributed by atoms with Crippen LogP contribution in [0.5, 0.6) is 0 Å². The van der Waals surface area contributed by atoms with Crippen LogP contribution in [0.1, 0.15) is 17.7 Å². The molecule has 0 N–H and O–H groups in total. The molecule has 4 heteroatoms. The number of allylic oxidation sites excluding steroid dienone is 4. The minimum atomic E-state index is 1.12. The Kier molecular flexibility index (Phi) is 10.9. The van der Waals surface area contributed by atoms with Gasteiger partial charge >= 0.3 is 0 Å². The third kappa shape index (κ3) is 7.76. The van der Waals surface area contributed by atoms with Gasteiger partial charge in [0, 0.05) is 39.0 Å². The van der Waals surface area contributed by atoms with Crippen LogP contribution in [-0.2, 0) is 0 Å². The fourth-order valence-corrected chi connectivity index (χ4v) is 13.6. The molecule has 0 fully saturated rings. The first-order valence-corrected chi connectivity index (χ1v) is 25.7. The summed E-state index contributed by atoms with van der Waals surface area (Å²) < 4.78 is 0. The highest BCUT2D eigenvalue weighted by Gasteiger charge is 2.24. The second-order valence-corrected chi connectivity index (χ2v) is 20.9. The van der Waals surface area contributed by atoms with Crippen molar-refractivity contribution in [2.24, 2.45) is 0 Å². The molecule has 1 aliphatic carbocycles. The zero-order valence-electron chi connectivity index (χ0n) is 36.0. The molecule has 4 aromatic heterocycles. The fraction of sp³-hybridized carbons (Fsp3) is 0.0323. The number of rotatable bonds is 10. The Morgan fingerprint density at radius 3 is 0.985 bits per heavy atom. The average Bonchev–Trinajstić information content (AvgIpc) is 4.25. The van der Waals surface area contributed by atoms with Gasteiger partial charge in [-0.2, -0.15) is 0 Å². The topological polar surface area (TPSA) is 0 Å². The maximum Gasteiger partial charge on any atom is 0.0449 e. The van der Waals surface area contributed by atoms with E-state index in [2.05, 4.69) is 231 Å². The van der Waals surface area contributed by atoms with Gasteiger partial charge in [0.1, 0.15) is 0 Å². The van der Waals surface area contributed by atoms with Gasteiger partial charge in [-0.1, -0.05) is 182 Å². The van der Waals surface area contributed by atoms with Gasteiger partial charge in [0.15, 0.2) is 0 Å². The third-order valence-corrected chi connectivity index (χ3v) is 17.5. The number of fused-ring (bicyclic) bond motifs is 1. The van der Waals surface area contributed by atoms with Gasteiger partial charge in [0.25, 0.3) is 0 Å². The molecule has 1 aliphatic rings. The summed E-state index contributed by atoms with van der Waals surface area (Å²) in [5.41, 5.74) is 15.0. The predicted molar refractivity (Wildman–Crippen MR) is 291 cm³/mol. The lowest BCUT2D eigenvalue weighted by Crippen LogP contribution is -1.97. The Hall–Kier alpha value is -6.92. The van der Waals surface area contributed by atoms with Crippen molar-refractivity contribution >= 4 is 61.7 Å². The van der Waals surface area contributed by atoms with E-state index in [0.29, 0.717) is 0 Å². The summed E-state index contributed by atoms with van der Waals surface area (Å²) in [6.07, 6.45) is 8.96. The summed E-state index contributed by atoms with van der Waals surface area (Å²) >= 11 is 7.51. The van der Waals surface area contributed by atoms with E-state index < -0.39 is 0 Å². The van der Waals surface area contributed by atoms with Crippen molar-refractivity contribution in [3.8, 4) is 95.3 Å². The second-order valence-electron chi connectivity index (χ2n) is 16.6. The van der Waals surface area contributed by atoms with E-state index in [0.717, 1.165) is 12.8 Å². The number of hydrogen-bond donors (Lipinski definition) is 0. The number of hydrogen-bond acceptors (Lipinski definition) is 4. The van der Waals surface area contributed by atoms with E-state index >= 15 is 0 Å². The first kappa shape index (κ1) is 40.6. The van der Waals surface area contributed by atoms with Crippen LogP contribution in [0.25, 0.3) is 112 Å². The zero-order valence-corrected chi connectivity index (χ0v) is 39.3. The molecule has 314 valence electrons. The Bertz CT molecular complexity index is 3540. The van der Waals surface area contributed by atoms with Crippen LogP contribution in [-0.4, -0.2) is 0 Å². The van der Waals surface area contributed by atoms with E-state index in [1.165, 1.54) is 117 Å². The molecule has 7 aromatic carbocycles. The lowest BCUT2D eigenvalue weighted by molar-refractivity contribution is 1.06. The van der Waals surface area contributed by atoms with Gasteiger partial charge in [0.05, 0.1) is 0 Å². The summed E-state index contributed by atoms with van der Waals surface area (Å²) in [5.74, 6) is 0. The highest BCUT2D eigenvalue weighted by atomic mass is 32.1. The molecule has 0 spiro atoms. The molecule has 0 saturated heterocycles. The van der Waals surface area contributed by atoms with E-state index in [1.54, 1.807) is 0 Å². The highest BCUT2D eigenvalue weighted by molar-refractivity contribution is 7.25. The van der Waals surface area contributed by atoms with Crippen LogP contribution in [0, 0.1) is 0 Å². The van der Waals surface area contributed by atoms with Crippen LogP contribution in [0.3, 0.4) is 0 Å². The molecular weight excluding hydrogens is 873 g/mol. The van der Waals surface area contributed by atoms with Crippen LogP contribution >= 0.6 is 45.3 Å². The average molecular weight is 915 g/mol. The monoisotopic (exact) mass is 914 g/mol. The minimum Gasteiger partial charge on any atom is -0.135 e. The van der Waals surface area contributed by atoms with Crippen molar-refractivity contribution in [3.05, 3.63) is 235 Å². The van der Waals surface area contributed by atoms with Crippen molar-refractivity contribution < 1.29 is 0 Å². The van der Waals surface area contributed by atoms with Gasteiger partial charge in [-0.05, 0) is 139 Å². The maximum atomic E-state index is 2.35. The van der Waals surface area contributed by atoms with E-state index in [-0.39, 0.29) is 0 Å². The second kappa shape index (κ2) is 17.8. The molecule has 0 radical (unpaired) electrons. The van der Waals surface area contributed by atoms with E-state index in [1.807, 2.05) is 45.3 Å².